The summed E-state index contributed by atoms with van der Waals surface area (Å²) in [5.74, 6) is 3.11. The van der Waals surface area contributed by atoms with Crippen molar-refractivity contribution in [1.29, 1.82) is 0 Å². The first-order valence-electron chi connectivity index (χ1n) is 10.9. The van der Waals surface area contributed by atoms with Gasteiger partial charge in [-0.25, -0.2) is 0 Å². The molecule has 2 N–H and O–H groups in total. The molecule has 4 heteroatoms. The van der Waals surface area contributed by atoms with Crippen LogP contribution in [-0.4, -0.2) is 34.6 Å². The van der Waals surface area contributed by atoms with Gasteiger partial charge in [-0.15, -0.1) is 11.6 Å². The fraction of sp³-hybridized carbons (Fsp3) is 0.870. The van der Waals surface area contributed by atoms with Crippen molar-refractivity contribution in [2.24, 2.45) is 40.4 Å². The number of carbonyl (C=O) groups is 1. The van der Waals surface area contributed by atoms with Gasteiger partial charge in [0.1, 0.15) is 0 Å². The van der Waals surface area contributed by atoms with Gasteiger partial charge in [-0.1, -0.05) is 19.4 Å². The van der Waals surface area contributed by atoms with Crippen LogP contribution in [0.1, 0.15) is 65.2 Å². The van der Waals surface area contributed by atoms with Crippen molar-refractivity contribution in [1.82, 2.24) is 0 Å². The van der Waals surface area contributed by atoms with Crippen molar-refractivity contribution in [2.75, 3.05) is 12.5 Å². The van der Waals surface area contributed by atoms with Gasteiger partial charge in [-0.3, -0.25) is 4.79 Å². The number of rotatable bonds is 4. The van der Waals surface area contributed by atoms with Crippen molar-refractivity contribution in [2.45, 2.75) is 71.3 Å². The number of ketones is 1. The predicted molar refractivity (Wildman–Crippen MR) is 108 cm³/mol. The molecule has 3 nitrogen and oxygen atoms in total. The molecule has 0 heterocycles. The normalized spacial score (nSPS) is 49.2. The molecule has 4 rings (SSSR count). The number of hydrogen-bond donors (Lipinski definition) is 2. The van der Waals surface area contributed by atoms with Gasteiger partial charge in [0.15, 0.2) is 5.78 Å². The van der Waals surface area contributed by atoms with Gasteiger partial charge in [-0.2, -0.15) is 0 Å². The predicted octanol–water partition coefficient (Wildman–Crippen LogP) is 4.34. The molecule has 4 aliphatic carbocycles. The average Bonchev–Trinajstić information content (AvgIpc) is 2.95. The molecule has 0 saturated heterocycles. The third kappa shape index (κ3) is 2.87. The Bertz CT molecular complexity index is 631. The Morgan fingerprint density at radius 2 is 2.00 bits per heavy atom. The largest absolute Gasteiger partial charge is 0.396 e. The lowest BCUT2D eigenvalue weighted by Crippen LogP contribution is -2.58. The topological polar surface area (TPSA) is 57.5 Å². The average molecular weight is 395 g/mol. The quantitative estimate of drug-likeness (QED) is 0.697. The summed E-state index contributed by atoms with van der Waals surface area (Å²) < 4.78 is 0. The second-order valence-corrected chi connectivity index (χ2v) is 10.5. The Hall–Kier alpha value is -0.380. The SMILES string of the molecule is C[C@]12CC(O)[C@@H]3[C@@H](CCC4=CC(=O)CC(CCCO)[C@@]43C)[C@@H]1CCC2CCl. The Morgan fingerprint density at radius 1 is 1.22 bits per heavy atom. The summed E-state index contributed by atoms with van der Waals surface area (Å²) in [5.41, 5.74) is 1.33. The number of alkyl halides is 1. The first kappa shape index (κ1) is 19.9. The van der Waals surface area contributed by atoms with E-state index >= 15 is 0 Å². The van der Waals surface area contributed by atoms with Gasteiger partial charge in [0.25, 0.3) is 0 Å². The number of carbonyl (C=O) groups excluding carboxylic acids is 1. The molecule has 0 aromatic heterocycles. The highest BCUT2D eigenvalue weighted by Crippen LogP contribution is 2.67. The Morgan fingerprint density at radius 3 is 2.70 bits per heavy atom. The van der Waals surface area contributed by atoms with Crippen LogP contribution in [0.4, 0.5) is 0 Å². The van der Waals surface area contributed by atoms with Gasteiger partial charge >= 0.3 is 0 Å². The summed E-state index contributed by atoms with van der Waals surface area (Å²) in [5, 5.41) is 20.8. The molecule has 27 heavy (non-hydrogen) atoms. The fourth-order valence-corrected chi connectivity index (χ4v) is 8.48. The van der Waals surface area contributed by atoms with Crippen molar-refractivity contribution < 1.29 is 15.0 Å². The lowest BCUT2D eigenvalue weighted by atomic mass is 9.43. The van der Waals surface area contributed by atoms with E-state index < -0.39 is 0 Å². The molecule has 0 radical (unpaired) electrons. The fourth-order valence-electron chi connectivity index (χ4n) is 7.97. The molecule has 4 aliphatic rings. The molecule has 0 aromatic carbocycles. The van der Waals surface area contributed by atoms with Gasteiger partial charge in [0, 0.05) is 18.9 Å². The third-order valence-corrected chi connectivity index (χ3v) is 9.68. The minimum atomic E-state index is -0.321. The number of aliphatic hydroxyl groups is 2. The molecule has 8 atom stereocenters. The maximum Gasteiger partial charge on any atom is 0.155 e. The first-order valence-corrected chi connectivity index (χ1v) is 11.5. The molecule has 152 valence electrons. The van der Waals surface area contributed by atoms with Crippen LogP contribution in [0.3, 0.4) is 0 Å². The summed E-state index contributed by atoms with van der Waals surface area (Å²) in [6.45, 7) is 4.87. The molecule has 0 aromatic rings. The van der Waals surface area contributed by atoms with E-state index in [1.807, 2.05) is 6.08 Å². The summed E-state index contributed by atoms with van der Waals surface area (Å²) in [6, 6.07) is 0. The molecular formula is C23H35ClO3. The monoisotopic (exact) mass is 394 g/mol. The van der Waals surface area contributed by atoms with Gasteiger partial charge < -0.3 is 10.2 Å². The van der Waals surface area contributed by atoms with E-state index in [1.165, 1.54) is 18.4 Å². The lowest BCUT2D eigenvalue weighted by Gasteiger charge is -2.61. The minimum Gasteiger partial charge on any atom is -0.396 e. The van der Waals surface area contributed by atoms with Crippen molar-refractivity contribution >= 4 is 17.4 Å². The number of fused-ring (bicyclic) bond motifs is 5. The molecule has 0 aliphatic heterocycles. The van der Waals surface area contributed by atoms with E-state index in [1.54, 1.807) is 0 Å². The second kappa shape index (κ2) is 7.15. The molecule has 3 saturated carbocycles. The van der Waals surface area contributed by atoms with E-state index in [0.29, 0.717) is 30.1 Å². The van der Waals surface area contributed by atoms with Crippen molar-refractivity contribution in [3.05, 3.63) is 11.6 Å². The van der Waals surface area contributed by atoms with E-state index in [2.05, 4.69) is 13.8 Å². The smallest absolute Gasteiger partial charge is 0.155 e. The minimum absolute atomic E-state index is 0.105. The second-order valence-electron chi connectivity index (χ2n) is 10.2. The van der Waals surface area contributed by atoms with Crippen LogP contribution < -0.4 is 0 Å². The Kier molecular flexibility index (Phi) is 5.27. The Balaban J connectivity index is 1.72. The van der Waals surface area contributed by atoms with E-state index in [9.17, 15) is 15.0 Å². The molecule has 3 fully saturated rings. The van der Waals surface area contributed by atoms with Crippen LogP contribution in [0.15, 0.2) is 11.6 Å². The number of allylic oxidation sites excluding steroid dienone is 1. The lowest BCUT2D eigenvalue weighted by molar-refractivity contribution is -0.145. The zero-order valence-corrected chi connectivity index (χ0v) is 17.5. The maximum atomic E-state index is 12.4. The molecule has 0 amide bonds. The van der Waals surface area contributed by atoms with Crippen LogP contribution in [-0.2, 0) is 4.79 Å². The van der Waals surface area contributed by atoms with Gasteiger partial charge in [0.05, 0.1) is 6.10 Å². The molecule has 0 bridgehead atoms. The highest BCUT2D eigenvalue weighted by atomic mass is 35.5. The van der Waals surface area contributed by atoms with Crippen LogP contribution in [0.2, 0.25) is 0 Å². The summed E-state index contributed by atoms with van der Waals surface area (Å²) in [7, 11) is 0. The van der Waals surface area contributed by atoms with Crippen LogP contribution in [0.25, 0.3) is 0 Å². The van der Waals surface area contributed by atoms with Crippen molar-refractivity contribution in [3.63, 3.8) is 0 Å². The van der Waals surface area contributed by atoms with Crippen LogP contribution >= 0.6 is 11.6 Å². The number of hydrogen-bond acceptors (Lipinski definition) is 3. The zero-order valence-electron chi connectivity index (χ0n) is 16.8. The summed E-state index contributed by atoms with van der Waals surface area (Å²) in [4.78, 5) is 12.4. The Labute approximate surface area is 168 Å². The number of aliphatic hydroxyl groups excluding tert-OH is 2. The summed E-state index contributed by atoms with van der Waals surface area (Å²) in [6.07, 6.45) is 9.12. The van der Waals surface area contributed by atoms with E-state index in [0.717, 1.165) is 32.1 Å². The molecular weight excluding hydrogens is 360 g/mol. The van der Waals surface area contributed by atoms with Gasteiger partial charge in [-0.05, 0) is 91.4 Å². The first-order chi connectivity index (χ1) is 12.9. The number of halogens is 1. The highest BCUT2D eigenvalue weighted by Gasteiger charge is 2.63. The molecule has 0 spiro atoms. The zero-order chi connectivity index (χ0) is 19.4. The van der Waals surface area contributed by atoms with E-state index in [4.69, 9.17) is 11.6 Å². The van der Waals surface area contributed by atoms with Crippen LogP contribution in [0, 0.1) is 40.4 Å². The molecule has 3 unspecified atom stereocenters. The summed E-state index contributed by atoms with van der Waals surface area (Å²) >= 11 is 6.32. The standard InChI is InChI=1S/C23H35ClO3/c1-22-12-20(27)21-18(19(22)8-6-16(22)13-24)7-5-15-11-17(26)10-14(4-3-9-25)23(15,21)2/h11,14,16,18-21,25,27H,3-10,12-13H2,1-2H3/t14?,16?,18-,19-,20?,21-,22+,23-/m0/s1. The van der Waals surface area contributed by atoms with Crippen LogP contribution in [0.5, 0.6) is 0 Å². The highest BCUT2D eigenvalue weighted by molar-refractivity contribution is 6.18. The van der Waals surface area contributed by atoms with E-state index in [-0.39, 0.29) is 41.2 Å². The third-order valence-electron chi connectivity index (χ3n) is 9.31. The van der Waals surface area contributed by atoms with Gasteiger partial charge in [0.2, 0.25) is 0 Å². The maximum absolute atomic E-state index is 12.4. The van der Waals surface area contributed by atoms with Crippen molar-refractivity contribution in [3.8, 4) is 0 Å².